The SMILES string of the molecule is CCc1cc(Br)cc(CC)c1NC(=O)CCc1ccc(S(=O)(=O)NCCc2ccccc2)cc1. The summed E-state index contributed by atoms with van der Waals surface area (Å²) < 4.78 is 28.8. The zero-order chi connectivity index (χ0) is 24.6. The Morgan fingerprint density at radius 3 is 2.03 bits per heavy atom. The Hall–Kier alpha value is -2.48. The van der Waals surface area contributed by atoms with Crippen LogP contribution in [0.2, 0.25) is 0 Å². The van der Waals surface area contributed by atoms with Gasteiger partial charge in [0.05, 0.1) is 4.90 Å². The molecule has 3 aromatic rings. The number of hydrogen-bond acceptors (Lipinski definition) is 3. The topological polar surface area (TPSA) is 75.3 Å². The molecule has 0 aromatic heterocycles. The molecule has 34 heavy (non-hydrogen) atoms. The maximum atomic E-state index is 12.6. The molecule has 0 unspecified atom stereocenters. The van der Waals surface area contributed by atoms with Crippen LogP contribution in [-0.4, -0.2) is 20.9 Å². The van der Waals surface area contributed by atoms with E-state index in [1.54, 1.807) is 24.3 Å². The van der Waals surface area contributed by atoms with E-state index in [-0.39, 0.29) is 10.8 Å². The number of hydrogen-bond donors (Lipinski definition) is 2. The van der Waals surface area contributed by atoms with Crippen LogP contribution >= 0.6 is 15.9 Å². The predicted octanol–water partition coefficient (Wildman–Crippen LogP) is 5.67. The molecular formula is C27H31BrN2O3S. The Morgan fingerprint density at radius 2 is 1.44 bits per heavy atom. The Morgan fingerprint density at radius 1 is 0.853 bits per heavy atom. The van der Waals surface area contributed by atoms with E-state index in [9.17, 15) is 13.2 Å². The van der Waals surface area contributed by atoms with Gasteiger partial charge in [-0.2, -0.15) is 0 Å². The second-order valence-corrected chi connectivity index (χ2v) is 10.8. The molecule has 0 aliphatic rings. The van der Waals surface area contributed by atoms with Gasteiger partial charge in [0, 0.05) is 23.1 Å². The van der Waals surface area contributed by atoms with Crippen molar-refractivity contribution in [3.8, 4) is 0 Å². The van der Waals surface area contributed by atoms with Crippen molar-refractivity contribution in [2.24, 2.45) is 0 Å². The van der Waals surface area contributed by atoms with E-state index in [0.717, 1.165) is 45.3 Å². The van der Waals surface area contributed by atoms with Crippen LogP contribution in [0.4, 0.5) is 5.69 Å². The number of carbonyl (C=O) groups excluding carboxylic acids is 1. The van der Waals surface area contributed by atoms with E-state index >= 15 is 0 Å². The van der Waals surface area contributed by atoms with Crippen LogP contribution in [0.15, 0.2) is 76.1 Å². The van der Waals surface area contributed by atoms with Crippen LogP contribution in [0.1, 0.15) is 42.5 Å². The van der Waals surface area contributed by atoms with E-state index < -0.39 is 10.0 Å². The molecule has 0 saturated carbocycles. The van der Waals surface area contributed by atoms with E-state index in [1.165, 1.54) is 0 Å². The summed E-state index contributed by atoms with van der Waals surface area (Å²) in [5, 5.41) is 3.09. The van der Waals surface area contributed by atoms with Crippen molar-refractivity contribution in [2.45, 2.75) is 50.8 Å². The number of carbonyl (C=O) groups is 1. The fourth-order valence-corrected chi connectivity index (χ4v) is 5.38. The molecule has 0 spiro atoms. The number of sulfonamides is 1. The highest BCUT2D eigenvalue weighted by Crippen LogP contribution is 2.28. The van der Waals surface area contributed by atoms with Crippen LogP contribution in [-0.2, 0) is 40.5 Å². The molecule has 0 aliphatic carbocycles. The first kappa shape index (κ1) is 26.1. The third-order valence-electron chi connectivity index (χ3n) is 5.72. The third kappa shape index (κ3) is 7.26. The molecule has 0 fully saturated rings. The maximum Gasteiger partial charge on any atom is 0.240 e. The summed E-state index contributed by atoms with van der Waals surface area (Å²) in [5.74, 6) is -0.0500. The van der Waals surface area contributed by atoms with Gasteiger partial charge in [0.2, 0.25) is 15.9 Å². The minimum atomic E-state index is -3.57. The molecule has 2 N–H and O–H groups in total. The van der Waals surface area contributed by atoms with Gasteiger partial charge >= 0.3 is 0 Å². The summed E-state index contributed by atoms with van der Waals surface area (Å²) in [6.07, 6.45) is 3.15. The first-order chi connectivity index (χ1) is 16.3. The van der Waals surface area contributed by atoms with E-state index in [2.05, 4.69) is 39.8 Å². The van der Waals surface area contributed by atoms with Gasteiger partial charge in [0.1, 0.15) is 0 Å². The molecule has 3 rings (SSSR count). The Kier molecular flexibility index (Phi) is 9.45. The van der Waals surface area contributed by atoms with Gasteiger partial charge in [0.15, 0.2) is 0 Å². The quantitative estimate of drug-likeness (QED) is 0.328. The second kappa shape index (κ2) is 12.3. The van der Waals surface area contributed by atoms with Crippen molar-refractivity contribution < 1.29 is 13.2 Å². The van der Waals surface area contributed by atoms with E-state index in [1.807, 2.05) is 42.5 Å². The van der Waals surface area contributed by atoms with E-state index in [4.69, 9.17) is 0 Å². The summed E-state index contributed by atoms with van der Waals surface area (Å²) in [6.45, 7) is 4.48. The lowest BCUT2D eigenvalue weighted by Crippen LogP contribution is -2.26. The number of anilines is 1. The first-order valence-corrected chi connectivity index (χ1v) is 13.8. The number of amides is 1. The summed E-state index contributed by atoms with van der Waals surface area (Å²) in [5.41, 5.74) is 5.11. The van der Waals surface area contributed by atoms with Gasteiger partial charge in [-0.3, -0.25) is 4.79 Å². The van der Waals surface area contributed by atoms with Crippen LogP contribution in [0, 0.1) is 0 Å². The lowest BCUT2D eigenvalue weighted by molar-refractivity contribution is -0.116. The van der Waals surface area contributed by atoms with Gasteiger partial charge in [-0.25, -0.2) is 13.1 Å². The molecular weight excluding hydrogens is 512 g/mol. The minimum absolute atomic E-state index is 0.0500. The highest BCUT2D eigenvalue weighted by molar-refractivity contribution is 9.10. The average molecular weight is 544 g/mol. The molecule has 0 saturated heterocycles. The zero-order valence-electron chi connectivity index (χ0n) is 19.6. The number of benzene rings is 3. The maximum absolute atomic E-state index is 12.6. The molecule has 0 heterocycles. The van der Waals surface area contributed by atoms with Crippen LogP contribution in [0.3, 0.4) is 0 Å². The fourth-order valence-electron chi connectivity index (χ4n) is 3.80. The van der Waals surface area contributed by atoms with Crippen molar-refractivity contribution >= 4 is 37.5 Å². The largest absolute Gasteiger partial charge is 0.326 e. The average Bonchev–Trinajstić information content (AvgIpc) is 2.84. The summed E-state index contributed by atoms with van der Waals surface area (Å²) in [7, 11) is -3.57. The monoisotopic (exact) mass is 542 g/mol. The van der Waals surface area contributed by atoms with Crippen molar-refractivity contribution in [1.82, 2.24) is 4.72 Å². The highest BCUT2D eigenvalue weighted by atomic mass is 79.9. The van der Waals surface area contributed by atoms with Crippen molar-refractivity contribution in [3.05, 3.63) is 93.5 Å². The van der Waals surface area contributed by atoms with Crippen molar-refractivity contribution in [1.29, 1.82) is 0 Å². The van der Waals surface area contributed by atoms with Crippen LogP contribution < -0.4 is 10.0 Å². The van der Waals surface area contributed by atoms with Gasteiger partial charge in [-0.05, 0) is 72.2 Å². The number of nitrogens with one attached hydrogen (secondary N) is 2. The molecule has 0 radical (unpaired) electrons. The van der Waals surface area contributed by atoms with Crippen molar-refractivity contribution in [2.75, 3.05) is 11.9 Å². The Balaban J connectivity index is 1.55. The molecule has 3 aromatic carbocycles. The number of rotatable bonds is 11. The zero-order valence-corrected chi connectivity index (χ0v) is 22.0. The molecule has 1 amide bonds. The third-order valence-corrected chi connectivity index (χ3v) is 7.65. The summed E-state index contributed by atoms with van der Waals surface area (Å²) >= 11 is 3.54. The molecule has 0 aliphatic heterocycles. The molecule has 0 bridgehead atoms. The van der Waals surface area contributed by atoms with Gasteiger partial charge in [-0.15, -0.1) is 0 Å². The summed E-state index contributed by atoms with van der Waals surface area (Å²) in [6, 6.07) is 20.6. The lowest BCUT2D eigenvalue weighted by atomic mass is 10.0. The summed E-state index contributed by atoms with van der Waals surface area (Å²) in [4.78, 5) is 12.9. The molecule has 5 nitrogen and oxygen atoms in total. The first-order valence-electron chi connectivity index (χ1n) is 11.6. The lowest BCUT2D eigenvalue weighted by Gasteiger charge is -2.15. The van der Waals surface area contributed by atoms with Crippen LogP contribution in [0.5, 0.6) is 0 Å². The Bertz CT molecular complexity index is 1190. The van der Waals surface area contributed by atoms with Crippen molar-refractivity contribution in [3.63, 3.8) is 0 Å². The Labute approximate surface area is 211 Å². The standard InChI is InChI=1S/C27H31BrN2O3S/c1-3-22-18-24(28)19-23(4-2)27(22)30-26(31)15-12-21-10-13-25(14-11-21)34(32,33)29-17-16-20-8-6-5-7-9-20/h5-11,13-14,18-19,29H,3-4,12,15-17H2,1-2H3,(H,30,31). The molecule has 7 heteroatoms. The fraction of sp³-hybridized carbons (Fsp3) is 0.296. The van der Waals surface area contributed by atoms with Gasteiger partial charge in [-0.1, -0.05) is 72.2 Å². The van der Waals surface area contributed by atoms with Gasteiger partial charge < -0.3 is 5.32 Å². The smallest absolute Gasteiger partial charge is 0.240 e. The molecule has 0 atom stereocenters. The number of aryl methyl sites for hydroxylation is 3. The minimum Gasteiger partial charge on any atom is -0.326 e. The highest BCUT2D eigenvalue weighted by Gasteiger charge is 2.14. The normalized spacial score (nSPS) is 11.4. The molecule has 180 valence electrons. The van der Waals surface area contributed by atoms with Crippen LogP contribution in [0.25, 0.3) is 0 Å². The predicted molar refractivity (Wildman–Crippen MR) is 142 cm³/mol. The van der Waals surface area contributed by atoms with Gasteiger partial charge in [0.25, 0.3) is 0 Å². The second-order valence-electron chi connectivity index (χ2n) is 8.13. The number of halogens is 1. The van der Waals surface area contributed by atoms with E-state index in [0.29, 0.717) is 25.8 Å².